The van der Waals surface area contributed by atoms with E-state index >= 15 is 0 Å². The molecule has 3 nitrogen and oxygen atoms in total. The van der Waals surface area contributed by atoms with Gasteiger partial charge in [0.15, 0.2) is 11.6 Å². The lowest BCUT2D eigenvalue weighted by Gasteiger charge is -2.39. The van der Waals surface area contributed by atoms with Gasteiger partial charge in [-0.1, -0.05) is 0 Å². The standard InChI is InChI=1S/C12H15BrFNO2/c1-16-10-7(12(15)4-3-5-12)6-8(14)11(17-2)9(10)13/h6H,3-5,15H2,1-2H3. The lowest BCUT2D eigenvalue weighted by atomic mass is 9.72. The van der Waals surface area contributed by atoms with Gasteiger partial charge in [0.05, 0.1) is 14.2 Å². The van der Waals surface area contributed by atoms with Crippen molar-refractivity contribution in [2.75, 3.05) is 14.2 Å². The maximum atomic E-state index is 13.9. The van der Waals surface area contributed by atoms with Gasteiger partial charge in [0.25, 0.3) is 0 Å². The third-order valence-corrected chi connectivity index (χ3v) is 4.04. The lowest BCUT2D eigenvalue weighted by molar-refractivity contribution is 0.241. The summed E-state index contributed by atoms with van der Waals surface area (Å²) in [4.78, 5) is 0. The van der Waals surface area contributed by atoms with E-state index < -0.39 is 11.4 Å². The molecule has 1 fully saturated rings. The van der Waals surface area contributed by atoms with Crippen LogP contribution in [0.3, 0.4) is 0 Å². The third kappa shape index (κ3) is 1.91. The van der Waals surface area contributed by atoms with E-state index in [-0.39, 0.29) is 5.75 Å². The van der Waals surface area contributed by atoms with Crippen molar-refractivity contribution in [2.45, 2.75) is 24.8 Å². The molecular weight excluding hydrogens is 289 g/mol. The van der Waals surface area contributed by atoms with Gasteiger partial charge >= 0.3 is 0 Å². The number of benzene rings is 1. The van der Waals surface area contributed by atoms with E-state index in [1.54, 1.807) is 7.11 Å². The largest absolute Gasteiger partial charge is 0.495 e. The molecule has 2 N–H and O–H groups in total. The molecule has 0 unspecified atom stereocenters. The van der Waals surface area contributed by atoms with Crippen LogP contribution in [0.4, 0.5) is 4.39 Å². The van der Waals surface area contributed by atoms with Crippen LogP contribution in [-0.4, -0.2) is 14.2 Å². The van der Waals surface area contributed by atoms with Gasteiger partial charge in [-0.3, -0.25) is 0 Å². The smallest absolute Gasteiger partial charge is 0.172 e. The number of halogens is 2. The summed E-state index contributed by atoms with van der Waals surface area (Å²) in [5.74, 6) is 0.283. The number of hydrogen-bond donors (Lipinski definition) is 1. The van der Waals surface area contributed by atoms with Gasteiger partial charge in [-0.2, -0.15) is 0 Å². The van der Waals surface area contributed by atoms with E-state index in [9.17, 15) is 4.39 Å². The van der Waals surface area contributed by atoms with Gasteiger partial charge in [0, 0.05) is 11.1 Å². The Labute approximate surface area is 108 Å². The van der Waals surface area contributed by atoms with Crippen molar-refractivity contribution in [1.29, 1.82) is 0 Å². The maximum absolute atomic E-state index is 13.9. The predicted molar refractivity (Wildman–Crippen MR) is 66.9 cm³/mol. The molecule has 1 aromatic rings. The zero-order chi connectivity index (χ0) is 12.6. The molecular formula is C12H15BrFNO2. The summed E-state index contributed by atoms with van der Waals surface area (Å²) < 4.78 is 24.7. The highest BCUT2D eigenvalue weighted by molar-refractivity contribution is 9.10. The zero-order valence-electron chi connectivity index (χ0n) is 9.85. The van der Waals surface area contributed by atoms with Crippen molar-refractivity contribution in [3.8, 4) is 11.5 Å². The minimum Gasteiger partial charge on any atom is -0.495 e. The number of hydrogen-bond acceptors (Lipinski definition) is 3. The van der Waals surface area contributed by atoms with Crippen LogP contribution in [0.25, 0.3) is 0 Å². The molecule has 0 heterocycles. The number of methoxy groups -OCH3 is 2. The van der Waals surface area contributed by atoms with Crippen molar-refractivity contribution in [1.82, 2.24) is 0 Å². The average molecular weight is 304 g/mol. The highest BCUT2D eigenvalue weighted by atomic mass is 79.9. The van der Waals surface area contributed by atoms with Gasteiger partial charge < -0.3 is 15.2 Å². The minimum absolute atomic E-state index is 0.147. The Kier molecular flexibility index (Phi) is 3.32. The van der Waals surface area contributed by atoms with E-state index in [0.29, 0.717) is 15.8 Å². The van der Waals surface area contributed by atoms with Crippen LogP contribution in [-0.2, 0) is 5.54 Å². The van der Waals surface area contributed by atoms with Crippen molar-refractivity contribution in [3.63, 3.8) is 0 Å². The molecule has 1 aliphatic carbocycles. The number of nitrogens with two attached hydrogens (primary N) is 1. The Bertz CT molecular complexity index is 447. The van der Waals surface area contributed by atoms with Crippen LogP contribution >= 0.6 is 15.9 Å². The second-order valence-electron chi connectivity index (χ2n) is 4.30. The van der Waals surface area contributed by atoms with Crippen LogP contribution in [0.2, 0.25) is 0 Å². The van der Waals surface area contributed by atoms with Crippen molar-refractivity contribution >= 4 is 15.9 Å². The average Bonchev–Trinajstić information content (AvgIpc) is 2.26. The molecule has 0 bridgehead atoms. The Morgan fingerprint density at radius 1 is 1.29 bits per heavy atom. The van der Waals surface area contributed by atoms with Gasteiger partial charge in [0.1, 0.15) is 10.2 Å². The Morgan fingerprint density at radius 2 is 1.88 bits per heavy atom. The summed E-state index contributed by atoms with van der Waals surface area (Å²) in [6, 6.07) is 1.42. The highest BCUT2D eigenvalue weighted by Crippen LogP contribution is 2.48. The summed E-state index contributed by atoms with van der Waals surface area (Å²) in [6.45, 7) is 0. The zero-order valence-corrected chi connectivity index (χ0v) is 11.4. The van der Waals surface area contributed by atoms with Crippen LogP contribution in [0, 0.1) is 5.82 Å². The first-order valence-electron chi connectivity index (χ1n) is 5.43. The van der Waals surface area contributed by atoms with Crippen molar-refractivity contribution in [2.24, 2.45) is 5.73 Å². The first-order valence-corrected chi connectivity index (χ1v) is 6.22. The van der Waals surface area contributed by atoms with Gasteiger partial charge in [-0.15, -0.1) is 0 Å². The molecule has 1 aromatic carbocycles. The van der Waals surface area contributed by atoms with E-state index in [1.165, 1.54) is 13.2 Å². The summed E-state index contributed by atoms with van der Waals surface area (Å²) in [5, 5.41) is 0. The second-order valence-corrected chi connectivity index (χ2v) is 5.09. The number of ether oxygens (including phenoxy) is 2. The van der Waals surface area contributed by atoms with Crippen molar-refractivity contribution < 1.29 is 13.9 Å². The van der Waals surface area contributed by atoms with Gasteiger partial charge in [-0.05, 0) is 41.3 Å². The van der Waals surface area contributed by atoms with Crippen LogP contribution < -0.4 is 15.2 Å². The summed E-state index contributed by atoms with van der Waals surface area (Å²) >= 11 is 3.30. The summed E-state index contributed by atoms with van der Waals surface area (Å²) in [6.07, 6.45) is 2.76. The molecule has 17 heavy (non-hydrogen) atoms. The number of rotatable bonds is 3. The highest BCUT2D eigenvalue weighted by Gasteiger charge is 2.38. The molecule has 0 saturated heterocycles. The first kappa shape index (κ1) is 12.6. The van der Waals surface area contributed by atoms with E-state index in [2.05, 4.69) is 15.9 Å². The quantitative estimate of drug-likeness (QED) is 0.934. The van der Waals surface area contributed by atoms with E-state index in [1.807, 2.05) is 0 Å². The third-order valence-electron chi connectivity index (χ3n) is 3.32. The maximum Gasteiger partial charge on any atom is 0.172 e. The molecule has 1 aliphatic rings. The fourth-order valence-electron chi connectivity index (χ4n) is 2.17. The van der Waals surface area contributed by atoms with Crippen LogP contribution in [0.15, 0.2) is 10.5 Å². The summed E-state index contributed by atoms with van der Waals surface area (Å²) in [5.41, 5.74) is 6.46. The monoisotopic (exact) mass is 303 g/mol. The predicted octanol–water partition coefficient (Wildman–Crippen LogP) is 2.94. The second kappa shape index (κ2) is 4.46. The molecule has 0 amide bonds. The van der Waals surface area contributed by atoms with Gasteiger partial charge in [-0.25, -0.2) is 4.39 Å². The molecule has 0 radical (unpaired) electrons. The Balaban J connectivity index is 2.59. The first-order chi connectivity index (χ1) is 8.03. The molecule has 0 spiro atoms. The molecule has 2 rings (SSSR count). The molecule has 5 heteroatoms. The molecule has 0 aliphatic heterocycles. The topological polar surface area (TPSA) is 44.5 Å². The molecule has 1 saturated carbocycles. The van der Waals surface area contributed by atoms with Crippen LogP contribution in [0.5, 0.6) is 11.5 Å². The molecule has 94 valence electrons. The fourth-order valence-corrected chi connectivity index (χ4v) is 2.89. The molecule has 0 aromatic heterocycles. The normalized spacial score (nSPS) is 17.5. The van der Waals surface area contributed by atoms with Crippen molar-refractivity contribution in [3.05, 3.63) is 21.9 Å². The van der Waals surface area contributed by atoms with E-state index in [4.69, 9.17) is 15.2 Å². The van der Waals surface area contributed by atoms with Crippen LogP contribution in [0.1, 0.15) is 24.8 Å². The Hall–Kier alpha value is -0.810. The molecule has 0 atom stereocenters. The lowest BCUT2D eigenvalue weighted by Crippen LogP contribution is -2.43. The SMILES string of the molecule is COc1c(F)cc(C2(N)CCC2)c(OC)c1Br. The van der Waals surface area contributed by atoms with E-state index in [0.717, 1.165) is 19.3 Å². The summed E-state index contributed by atoms with van der Waals surface area (Å²) in [7, 11) is 2.97. The van der Waals surface area contributed by atoms with Gasteiger partial charge in [0.2, 0.25) is 0 Å². The Morgan fingerprint density at radius 3 is 2.29 bits per heavy atom. The minimum atomic E-state index is -0.471. The fraction of sp³-hybridized carbons (Fsp3) is 0.500.